The fraction of sp³-hybridized carbons (Fsp3) is 0.452. The topological polar surface area (TPSA) is 124 Å². The van der Waals surface area contributed by atoms with Gasteiger partial charge in [-0.1, -0.05) is 66.7 Å². The molecular formula is C42H49N7O5. The van der Waals surface area contributed by atoms with Crippen LogP contribution in [0.3, 0.4) is 0 Å². The van der Waals surface area contributed by atoms with E-state index >= 15 is 0 Å². The summed E-state index contributed by atoms with van der Waals surface area (Å²) in [4.78, 5) is 44.6. The number of anilines is 2. The van der Waals surface area contributed by atoms with Gasteiger partial charge in [0.25, 0.3) is 0 Å². The van der Waals surface area contributed by atoms with Crippen molar-refractivity contribution in [2.75, 3.05) is 49.1 Å². The lowest BCUT2D eigenvalue weighted by Gasteiger charge is -2.42. The van der Waals surface area contributed by atoms with Crippen molar-refractivity contribution in [3.63, 3.8) is 0 Å². The van der Waals surface area contributed by atoms with Crippen molar-refractivity contribution < 1.29 is 23.8 Å². The van der Waals surface area contributed by atoms with E-state index in [9.17, 15) is 14.9 Å². The molecular weight excluding hydrogens is 683 g/mol. The Morgan fingerprint density at radius 2 is 1.70 bits per heavy atom. The Morgan fingerprint density at radius 3 is 2.50 bits per heavy atom. The SMILES string of the molecule is CC(C)(C)OC(=O)N1CCC[C@@]1(C)COc1nc2c(c(N3CCN(C(=O)OCc4ccccc4)[C@@H](CC#N)C3)n1)CCN(c1cccc3ccccc13)C2. The number of nitriles is 1. The molecule has 7 rings (SSSR count). The predicted octanol–water partition coefficient (Wildman–Crippen LogP) is 7.10. The van der Waals surface area contributed by atoms with Crippen LogP contribution in [0.15, 0.2) is 72.8 Å². The van der Waals surface area contributed by atoms with Crippen LogP contribution in [0.25, 0.3) is 10.8 Å². The Balaban J connectivity index is 1.16. The maximum absolute atomic E-state index is 13.3. The molecule has 54 heavy (non-hydrogen) atoms. The number of fused-ring (bicyclic) bond motifs is 2. The van der Waals surface area contributed by atoms with Crippen LogP contribution >= 0.6 is 0 Å². The number of likely N-dealkylation sites (tertiary alicyclic amines) is 1. The van der Waals surface area contributed by atoms with Crippen molar-refractivity contribution in [1.82, 2.24) is 19.8 Å². The fourth-order valence-corrected chi connectivity index (χ4v) is 7.80. The zero-order valence-corrected chi connectivity index (χ0v) is 31.7. The van der Waals surface area contributed by atoms with E-state index < -0.39 is 23.3 Å². The molecule has 2 fully saturated rings. The van der Waals surface area contributed by atoms with Crippen molar-refractivity contribution in [1.29, 1.82) is 5.26 Å². The normalized spacial score (nSPS) is 20.0. The summed E-state index contributed by atoms with van der Waals surface area (Å²) in [6.45, 7) is 11.2. The minimum absolute atomic E-state index is 0.154. The first-order chi connectivity index (χ1) is 26.0. The second kappa shape index (κ2) is 15.4. The monoisotopic (exact) mass is 731 g/mol. The summed E-state index contributed by atoms with van der Waals surface area (Å²) in [5.74, 6) is 0.758. The first-order valence-corrected chi connectivity index (χ1v) is 18.9. The Bertz CT molecular complexity index is 2020. The number of carbonyl (C=O) groups is 2. The molecule has 3 aromatic carbocycles. The van der Waals surface area contributed by atoms with Crippen LogP contribution in [-0.4, -0.2) is 88.5 Å². The van der Waals surface area contributed by atoms with E-state index in [0.29, 0.717) is 39.1 Å². The first-order valence-electron chi connectivity index (χ1n) is 18.9. The molecule has 12 nitrogen and oxygen atoms in total. The molecule has 3 aliphatic heterocycles. The Labute approximate surface area is 317 Å². The van der Waals surface area contributed by atoms with Crippen molar-refractivity contribution in [3.05, 3.63) is 89.6 Å². The number of hydrogen-bond acceptors (Lipinski definition) is 10. The van der Waals surface area contributed by atoms with E-state index in [4.69, 9.17) is 24.2 Å². The van der Waals surface area contributed by atoms with Crippen LogP contribution in [-0.2, 0) is 29.0 Å². The van der Waals surface area contributed by atoms with Crippen LogP contribution in [0, 0.1) is 11.3 Å². The van der Waals surface area contributed by atoms with Crippen LogP contribution in [0.4, 0.5) is 21.1 Å². The molecule has 12 heteroatoms. The summed E-state index contributed by atoms with van der Waals surface area (Å²) >= 11 is 0. The largest absolute Gasteiger partial charge is 0.461 e. The number of amides is 2. The molecule has 2 saturated heterocycles. The van der Waals surface area contributed by atoms with Gasteiger partial charge in [-0.2, -0.15) is 15.2 Å². The Hall–Kier alpha value is -5.57. The minimum atomic E-state index is -0.611. The van der Waals surface area contributed by atoms with Crippen molar-refractivity contribution >= 4 is 34.5 Å². The van der Waals surface area contributed by atoms with Gasteiger partial charge < -0.3 is 28.9 Å². The molecule has 0 aliphatic carbocycles. The molecule has 1 aromatic heterocycles. The molecule has 2 atom stereocenters. The molecule has 0 spiro atoms. The lowest BCUT2D eigenvalue weighted by molar-refractivity contribution is 0.00162. The summed E-state index contributed by atoms with van der Waals surface area (Å²) in [6, 6.07) is 26.5. The number of aromatic nitrogens is 2. The lowest BCUT2D eigenvalue weighted by Crippen LogP contribution is -2.56. The van der Waals surface area contributed by atoms with Crippen molar-refractivity contribution in [3.8, 4) is 12.1 Å². The van der Waals surface area contributed by atoms with Crippen LogP contribution < -0.4 is 14.5 Å². The second-order valence-electron chi connectivity index (χ2n) is 15.6. The molecule has 282 valence electrons. The molecule has 0 N–H and O–H groups in total. The quantitative estimate of drug-likeness (QED) is 0.185. The van der Waals surface area contributed by atoms with Crippen LogP contribution in [0.1, 0.15) is 63.8 Å². The lowest BCUT2D eigenvalue weighted by atomic mass is 10.0. The molecule has 0 radical (unpaired) electrons. The number of rotatable bonds is 8. The van der Waals surface area contributed by atoms with E-state index in [1.165, 1.54) is 10.8 Å². The van der Waals surface area contributed by atoms with Crippen LogP contribution in [0.5, 0.6) is 6.01 Å². The summed E-state index contributed by atoms with van der Waals surface area (Å²) in [5, 5.41) is 12.2. The number of nitrogens with zero attached hydrogens (tertiary/aromatic N) is 7. The Morgan fingerprint density at radius 1 is 0.926 bits per heavy atom. The summed E-state index contributed by atoms with van der Waals surface area (Å²) < 4.78 is 17.9. The summed E-state index contributed by atoms with van der Waals surface area (Å²) in [7, 11) is 0. The highest BCUT2D eigenvalue weighted by Gasteiger charge is 2.43. The minimum Gasteiger partial charge on any atom is -0.461 e. The third-order valence-corrected chi connectivity index (χ3v) is 10.6. The van der Waals surface area contributed by atoms with Crippen molar-refractivity contribution in [2.45, 2.75) is 83.7 Å². The van der Waals surface area contributed by atoms with E-state index in [-0.39, 0.29) is 31.7 Å². The number of hydrogen-bond donors (Lipinski definition) is 0. The molecule has 3 aliphatic rings. The zero-order chi connectivity index (χ0) is 37.9. The number of ether oxygens (including phenoxy) is 3. The standard InChI is InChI=1S/C42H49N7O5/c1-41(2,3)54-40(51)49-22-11-20-42(49,4)29-53-38-44-35-27-46(36-17-10-15-31-14-8-9-16-33(31)36)23-19-34(35)37(45-38)47-24-25-48(32(26-47)18-21-43)39(50)52-28-30-12-6-5-7-13-30/h5-10,12-17,32H,11,18-20,22-29H2,1-4H3/t32-,42-/m0/s1. The van der Waals surface area contributed by atoms with Gasteiger partial charge in [0.05, 0.1) is 36.3 Å². The molecule has 2 amide bonds. The molecule has 4 aromatic rings. The average molecular weight is 732 g/mol. The van der Waals surface area contributed by atoms with Crippen LogP contribution in [0.2, 0.25) is 0 Å². The Kier molecular flexibility index (Phi) is 10.5. The van der Waals surface area contributed by atoms with Gasteiger partial charge in [-0.15, -0.1) is 0 Å². The molecule has 0 bridgehead atoms. The van der Waals surface area contributed by atoms with E-state index in [0.717, 1.165) is 47.7 Å². The van der Waals surface area contributed by atoms with Gasteiger partial charge in [0.2, 0.25) is 0 Å². The molecule has 0 saturated carbocycles. The molecule has 0 unspecified atom stereocenters. The third-order valence-electron chi connectivity index (χ3n) is 10.6. The second-order valence-corrected chi connectivity index (χ2v) is 15.6. The average Bonchev–Trinajstić information content (AvgIpc) is 3.57. The van der Waals surface area contributed by atoms with E-state index in [1.54, 1.807) is 9.80 Å². The van der Waals surface area contributed by atoms with Gasteiger partial charge in [-0.05, 0) is 64.0 Å². The zero-order valence-electron chi connectivity index (χ0n) is 31.7. The highest BCUT2D eigenvalue weighted by Crippen LogP contribution is 2.36. The van der Waals surface area contributed by atoms with E-state index in [1.807, 2.05) is 58.0 Å². The van der Waals surface area contributed by atoms with E-state index in [2.05, 4.69) is 58.3 Å². The first kappa shape index (κ1) is 36.8. The number of carbonyl (C=O) groups excluding carboxylic acids is 2. The summed E-state index contributed by atoms with van der Waals surface area (Å²) in [5.41, 5.74) is 2.75. The third kappa shape index (κ3) is 8.00. The highest BCUT2D eigenvalue weighted by atomic mass is 16.6. The summed E-state index contributed by atoms with van der Waals surface area (Å²) in [6.07, 6.45) is 1.68. The smallest absolute Gasteiger partial charge is 0.410 e. The van der Waals surface area contributed by atoms with Gasteiger partial charge in [-0.3, -0.25) is 4.90 Å². The van der Waals surface area contributed by atoms with Gasteiger partial charge in [0.1, 0.15) is 24.6 Å². The number of benzene rings is 3. The predicted molar refractivity (Wildman–Crippen MR) is 206 cm³/mol. The maximum atomic E-state index is 13.3. The fourth-order valence-electron chi connectivity index (χ4n) is 7.80. The molecule has 4 heterocycles. The highest BCUT2D eigenvalue weighted by molar-refractivity contribution is 5.94. The maximum Gasteiger partial charge on any atom is 0.410 e. The number of piperazine rings is 1. The van der Waals surface area contributed by atoms with Gasteiger partial charge in [-0.25, -0.2) is 9.59 Å². The van der Waals surface area contributed by atoms with Crippen molar-refractivity contribution in [2.24, 2.45) is 0 Å². The van der Waals surface area contributed by atoms with Gasteiger partial charge in [0.15, 0.2) is 0 Å². The van der Waals surface area contributed by atoms with Gasteiger partial charge >= 0.3 is 18.2 Å². The van der Waals surface area contributed by atoms with Gasteiger partial charge in [0, 0.05) is 49.4 Å².